The third-order valence-electron chi connectivity index (χ3n) is 4.62. The zero-order chi connectivity index (χ0) is 14.5. The molecule has 2 N–H and O–H groups in total. The number of nitrogens with zero attached hydrogens (tertiary/aromatic N) is 3. The summed E-state index contributed by atoms with van der Waals surface area (Å²) in [7, 11) is 0. The molecule has 0 spiro atoms. The van der Waals surface area contributed by atoms with Crippen LogP contribution in [0.4, 0.5) is 0 Å². The summed E-state index contributed by atoms with van der Waals surface area (Å²) in [6.07, 6.45) is 11.1. The molecule has 124 valence electrons. The standard InChI is InChI=1S/C15H25N5O.ClH/c21-15(17-12-5-3-1-2-4-6-12)14-11-20(19-18-14)13-7-9-16-10-8-13;/h11-13,16H,1-10H2,(H,17,21);1H. The van der Waals surface area contributed by atoms with Gasteiger partial charge in [-0.05, 0) is 38.8 Å². The monoisotopic (exact) mass is 327 g/mol. The molecule has 1 saturated carbocycles. The zero-order valence-electron chi connectivity index (χ0n) is 13.0. The Morgan fingerprint density at radius 1 is 1.14 bits per heavy atom. The summed E-state index contributed by atoms with van der Waals surface area (Å²) in [6, 6.07) is 0.683. The van der Waals surface area contributed by atoms with Crippen LogP contribution in [0, 0.1) is 0 Å². The first-order valence-corrected chi connectivity index (χ1v) is 8.26. The van der Waals surface area contributed by atoms with Gasteiger partial charge in [-0.3, -0.25) is 4.79 Å². The molecule has 2 aliphatic rings. The van der Waals surface area contributed by atoms with E-state index in [2.05, 4.69) is 20.9 Å². The number of hydrogen-bond acceptors (Lipinski definition) is 4. The number of halogens is 1. The van der Waals surface area contributed by atoms with E-state index in [0.717, 1.165) is 38.8 Å². The first kappa shape index (κ1) is 17.2. The highest BCUT2D eigenvalue weighted by Crippen LogP contribution is 2.19. The number of nitrogens with one attached hydrogen (secondary N) is 2. The van der Waals surface area contributed by atoms with E-state index in [4.69, 9.17) is 0 Å². The lowest BCUT2D eigenvalue weighted by Gasteiger charge is -2.22. The number of amides is 1. The second-order valence-electron chi connectivity index (χ2n) is 6.23. The fourth-order valence-electron chi connectivity index (χ4n) is 3.31. The average molecular weight is 328 g/mol. The van der Waals surface area contributed by atoms with Crippen molar-refractivity contribution < 1.29 is 4.79 Å². The zero-order valence-corrected chi connectivity index (χ0v) is 13.8. The molecule has 1 aliphatic heterocycles. The SMILES string of the molecule is Cl.O=C(NC1CCCCCC1)c1cn(C2CCNCC2)nn1. The molecule has 0 bridgehead atoms. The van der Waals surface area contributed by atoms with Gasteiger partial charge in [-0.25, -0.2) is 4.68 Å². The van der Waals surface area contributed by atoms with Gasteiger partial charge in [-0.1, -0.05) is 30.9 Å². The van der Waals surface area contributed by atoms with Crippen molar-refractivity contribution in [3.05, 3.63) is 11.9 Å². The van der Waals surface area contributed by atoms with Gasteiger partial charge >= 0.3 is 0 Å². The molecule has 7 heteroatoms. The molecule has 1 aromatic rings. The quantitative estimate of drug-likeness (QED) is 0.834. The molecule has 1 saturated heterocycles. The Labute approximate surface area is 137 Å². The Morgan fingerprint density at radius 3 is 2.50 bits per heavy atom. The van der Waals surface area contributed by atoms with Crippen LogP contribution in [0.25, 0.3) is 0 Å². The molecule has 22 heavy (non-hydrogen) atoms. The van der Waals surface area contributed by atoms with Crippen LogP contribution in [0.3, 0.4) is 0 Å². The predicted octanol–water partition coefficient (Wildman–Crippen LogP) is 2.08. The van der Waals surface area contributed by atoms with Crippen molar-refractivity contribution in [2.24, 2.45) is 0 Å². The lowest BCUT2D eigenvalue weighted by molar-refractivity contribution is 0.0928. The van der Waals surface area contributed by atoms with Gasteiger partial charge in [0.2, 0.25) is 0 Å². The maximum absolute atomic E-state index is 12.3. The van der Waals surface area contributed by atoms with Gasteiger partial charge in [0, 0.05) is 6.04 Å². The summed E-state index contributed by atoms with van der Waals surface area (Å²) in [5.41, 5.74) is 0.456. The Kier molecular flexibility index (Phi) is 6.64. The van der Waals surface area contributed by atoms with E-state index in [1.807, 2.05) is 10.9 Å². The van der Waals surface area contributed by atoms with Gasteiger partial charge in [-0.2, -0.15) is 0 Å². The largest absolute Gasteiger partial charge is 0.348 e. The van der Waals surface area contributed by atoms with Crippen molar-refractivity contribution in [3.8, 4) is 0 Å². The highest BCUT2D eigenvalue weighted by Gasteiger charge is 2.21. The van der Waals surface area contributed by atoms with Crippen LogP contribution in [0.2, 0.25) is 0 Å². The molecule has 0 radical (unpaired) electrons. The summed E-state index contributed by atoms with van der Waals surface area (Å²) < 4.78 is 1.86. The van der Waals surface area contributed by atoms with Gasteiger partial charge < -0.3 is 10.6 Å². The molecule has 0 atom stereocenters. The Bertz CT molecular complexity index is 464. The van der Waals surface area contributed by atoms with E-state index >= 15 is 0 Å². The van der Waals surface area contributed by atoms with Crippen molar-refractivity contribution in [2.45, 2.75) is 63.5 Å². The van der Waals surface area contributed by atoms with E-state index < -0.39 is 0 Å². The number of hydrogen-bond donors (Lipinski definition) is 2. The normalized spacial score (nSPS) is 20.9. The van der Waals surface area contributed by atoms with Gasteiger partial charge in [0.05, 0.1) is 12.2 Å². The Balaban J connectivity index is 0.00000176. The average Bonchev–Trinajstić information content (AvgIpc) is 2.88. The third-order valence-corrected chi connectivity index (χ3v) is 4.62. The smallest absolute Gasteiger partial charge is 0.273 e. The highest BCUT2D eigenvalue weighted by molar-refractivity contribution is 5.92. The van der Waals surface area contributed by atoms with Crippen LogP contribution in [0.1, 0.15) is 67.9 Å². The molecule has 2 heterocycles. The first-order chi connectivity index (χ1) is 10.3. The van der Waals surface area contributed by atoms with Gasteiger partial charge in [0.1, 0.15) is 0 Å². The van der Waals surface area contributed by atoms with Crippen molar-refractivity contribution >= 4 is 18.3 Å². The second-order valence-corrected chi connectivity index (χ2v) is 6.23. The summed E-state index contributed by atoms with van der Waals surface area (Å²) in [4.78, 5) is 12.3. The van der Waals surface area contributed by atoms with Crippen molar-refractivity contribution in [3.63, 3.8) is 0 Å². The minimum absolute atomic E-state index is 0. The molecular weight excluding hydrogens is 302 g/mol. The fraction of sp³-hybridized carbons (Fsp3) is 0.800. The second kappa shape index (κ2) is 8.48. The number of carbonyl (C=O) groups is 1. The Morgan fingerprint density at radius 2 is 1.82 bits per heavy atom. The van der Waals surface area contributed by atoms with Crippen LogP contribution in [-0.2, 0) is 0 Å². The lowest BCUT2D eigenvalue weighted by Crippen LogP contribution is -2.34. The van der Waals surface area contributed by atoms with Crippen molar-refractivity contribution in [1.82, 2.24) is 25.6 Å². The molecule has 3 rings (SSSR count). The molecule has 0 unspecified atom stereocenters. The van der Waals surface area contributed by atoms with Crippen LogP contribution >= 0.6 is 12.4 Å². The predicted molar refractivity (Wildman–Crippen MR) is 87.4 cm³/mol. The lowest BCUT2D eigenvalue weighted by atomic mass is 10.1. The number of rotatable bonds is 3. The molecule has 2 fully saturated rings. The number of piperidine rings is 1. The fourth-order valence-corrected chi connectivity index (χ4v) is 3.31. The van der Waals surface area contributed by atoms with Gasteiger partial charge in [0.15, 0.2) is 5.69 Å². The van der Waals surface area contributed by atoms with E-state index in [1.165, 1.54) is 25.7 Å². The van der Waals surface area contributed by atoms with E-state index in [-0.39, 0.29) is 18.3 Å². The molecule has 0 aromatic carbocycles. The molecule has 1 aliphatic carbocycles. The maximum Gasteiger partial charge on any atom is 0.273 e. The number of carbonyl (C=O) groups excluding carboxylic acids is 1. The maximum atomic E-state index is 12.3. The van der Waals surface area contributed by atoms with Crippen molar-refractivity contribution in [1.29, 1.82) is 0 Å². The minimum atomic E-state index is -0.0675. The summed E-state index contributed by atoms with van der Waals surface area (Å²) in [5, 5.41) is 14.7. The van der Waals surface area contributed by atoms with Crippen LogP contribution in [0.15, 0.2) is 6.20 Å². The topological polar surface area (TPSA) is 71.8 Å². The van der Waals surface area contributed by atoms with E-state index in [9.17, 15) is 4.79 Å². The van der Waals surface area contributed by atoms with E-state index in [1.54, 1.807) is 0 Å². The third kappa shape index (κ3) is 4.43. The molecule has 6 nitrogen and oxygen atoms in total. The Hall–Kier alpha value is -1.14. The number of aromatic nitrogens is 3. The summed E-state index contributed by atoms with van der Waals surface area (Å²) >= 11 is 0. The summed E-state index contributed by atoms with van der Waals surface area (Å²) in [6.45, 7) is 2.02. The summed E-state index contributed by atoms with van der Waals surface area (Å²) in [5.74, 6) is -0.0675. The van der Waals surface area contributed by atoms with Crippen LogP contribution in [-0.4, -0.2) is 40.0 Å². The molecule has 1 aromatic heterocycles. The van der Waals surface area contributed by atoms with Crippen LogP contribution < -0.4 is 10.6 Å². The van der Waals surface area contributed by atoms with Crippen molar-refractivity contribution in [2.75, 3.05) is 13.1 Å². The highest BCUT2D eigenvalue weighted by atomic mass is 35.5. The molecular formula is C15H26ClN5O. The minimum Gasteiger partial charge on any atom is -0.348 e. The van der Waals surface area contributed by atoms with Gasteiger partial charge in [0.25, 0.3) is 5.91 Å². The van der Waals surface area contributed by atoms with E-state index in [0.29, 0.717) is 17.8 Å². The first-order valence-electron chi connectivity index (χ1n) is 8.26. The van der Waals surface area contributed by atoms with Crippen LogP contribution in [0.5, 0.6) is 0 Å². The molecule has 1 amide bonds. The van der Waals surface area contributed by atoms with Gasteiger partial charge in [-0.15, -0.1) is 17.5 Å².